The third-order valence-electron chi connectivity index (χ3n) is 4.53. The van der Waals surface area contributed by atoms with Gasteiger partial charge in [0.05, 0.1) is 12.7 Å². The van der Waals surface area contributed by atoms with E-state index in [9.17, 15) is 26.7 Å². The summed E-state index contributed by atoms with van der Waals surface area (Å²) in [5.74, 6) is -1.18. The van der Waals surface area contributed by atoms with E-state index in [2.05, 4.69) is 19.5 Å². The van der Waals surface area contributed by atoms with E-state index in [4.69, 9.17) is 4.74 Å². The van der Waals surface area contributed by atoms with Crippen LogP contribution in [0.4, 0.5) is 27.6 Å². The Kier molecular flexibility index (Phi) is 5.48. The number of amides is 1. The predicted molar refractivity (Wildman–Crippen MR) is 106 cm³/mol. The Morgan fingerprint density at radius 2 is 1.67 bits per heavy atom. The van der Waals surface area contributed by atoms with Gasteiger partial charge in [-0.15, -0.1) is 22.0 Å². The van der Waals surface area contributed by atoms with Gasteiger partial charge in [0, 0.05) is 17.3 Å². The van der Waals surface area contributed by atoms with Gasteiger partial charge >= 0.3 is 12.7 Å². The SMILES string of the molecule is COc1cccc(C(=O)Nc2ccc3c(c2)OC(F)(F)O3)c1-c1ccc(OC(F)(F)F)cc1. The van der Waals surface area contributed by atoms with Crippen molar-refractivity contribution < 1.29 is 45.7 Å². The Bertz CT molecular complexity index is 1190. The number of hydrogen-bond donors (Lipinski definition) is 1. The number of benzene rings is 3. The van der Waals surface area contributed by atoms with Crippen LogP contribution in [-0.4, -0.2) is 25.7 Å². The van der Waals surface area contributed by atoms with Gasteiger partial charge in [-0.2, -0.15) is 0 Å². The number of alkyl halides is 5. The molecule has 0 aliphatic carbocycles. The second-order valence-electron chi connectivity index (χ2n) is 6.74. The van der Waals surface area contributed by atoms with Crippen molar-refractivity contribution >= 4 is 11.6 Å². The molecule has 1 heterocycles. The van der Waals surface area contributed by atoms with Gasteiger partial charge in [0.2, 0.25) is 0 Å². The average Bonchev–Trinajstić information content (AvgIpc) is 3.05. The number of rotatable bonds is 5. The summed E-state index contributed by atoms with van der Waals surface area (Å²) in [6.07, 6.45) is -8.64. The Labute approximate surface area is 183 Å². The molecule has 1 aliphatic heterocycles. The maximum atomic E-state index is 13.2. The topological polar surface area (TPSA) is 66.0 Å². The highest BCUT2D eigenvalue weighted by molar-refractivity contribution is 6.09. The lowest BCUT2D eigenvalue weighted by molar-refractivity contribution is -0.286. The van der Waals surface area contributed by atoms with Gasteiger partial charge in [-0.1, -0.05) is 18.2 Å². The monoisotopic (exact) mass is 467 g/mol. The van der Waals surface area contributed by atoms with Crippen LogP contribution in [0.3, 0.4) is 0 Å². The molecule has 0 radical (unpaired) electrons. The molecule has 3 aromatic carbocycles. The molecule has 172 valence electrons. The molecular weight excluding hydrogens is 453 g/mol. The zero-order valence-corrected chi connectivity index (χ0v) is 16.7. The molecule has 0 bridgehead atoms. The molecule has 1 aliphatic rings. The van der Waals surface area contributed by atoms with Crippen LogP contribution in [0, 0.1) is 0 Å². The molecule has 1 N–H and O–H groups in total. The van der Waals surface area contributed by atoms with E-state index in [0.717, 1.165) is 12.1 Å². The molecule has 1 amide bonds. The fourth-order valence-electron chi connectivity index (χ4n) is 3.24. The summed E-state index contributed by atoms with van der Waals surface area (Å²) in [5, 5.41) is 2.57. The number of anilines is 1. The molecule has 0 fully saturated rings. The van der Waals surface area contributed by atoms with Crippen molar-refractivity contribution in [2.75, 3.05) is 12.4 Å². The van der Waals surface area contributed by atoms with Crippen LogP contribution in [0.5, 0.6) is 23.0 Å². The highest BCUT2D eigenvalue weighted by Crippen LogP contribution is 2.42. The van der Waals surface area contributed by atoms with Crippen molar-refractivity contribution in [2.45, 2.75) is 12.7 Å². The number of methoxy groups -OCH3 is 1. The first-order valence-electron chi connectivity index (χ1n) is 9.29. The number of carbonyl (C=O) groups is 1. The lowest BCUT2D eigenvalue weighted by atomic mass is 9.97. The van der Waals surface area contributed by atoms with Crippen LogP contribution in [0.15, 0.2) is 60.7 Å². The normalized spacial score (nSPS) is 14.0. The maximum Gasteiger partial charge on any atom is 0.586 e. The van der Waals surface area contributed by atoms with Crippen molar-refractivity contribution in [1.82, 2.24) is 0 Å². The van der Waals surface area contributed by atoms with Crippen LogP contribution in [0.2, 0.25) is 0 Å². The van der Waals surface area contributed by atoms with Crippen molar-refractivity contribution in [3.63, 3.8) is 0 Å². The molecule has 0 spiro atoms. The zero-order valence-electron chi connectivity index (χ0n) is 16.7. The third-order valence-corrected chi connectivity index (χ3v) is 4.53. The smallest absolute Gasteiger partial charge is 0.496 e. The van der Waals surface area contributed by atoms with Gasteiger partial charge < -0.3 is 24.3 Å². The Balaban J connectivity index is 1.63. The molecule has 3 aromatic rings. The third kappa shape index (κ3) is 4.92. The molecule has 0 atom stereocenters. The molecule has 0 unspecified atom stereocenters. The molecule has 0 saturated carbocycles. The van der Waals surface area contributed by atoms with Crippen molar-refractivity contribution in [1.29, 1.82) is 0 Å². The number of carbonyl (C=O) groups excluding carboxylic acids is 1. The highest BCUT2D eigenvalue weighted by Gasteiger charge is 2.43. The van der Waals surface area contributed by atoms with Crippen molar-refractivity contribution in [3.05, 3.63) is 66.2 Å². The van der Waals surface area contributed by atoms with Crippen LogP contribution >= 0.6 is 0 Å². The molecular formula is C22H14F5NO5. The van der Waals surface area contributed by atoms with E-state index in [-0.39, 0.29) is 28.5 Å². The van der Waals surface area contributed by atoms with Gasteiger partial charge in [0.25, 0.3) is 5.91 Å². The van der Waals surface area contributed by atoms with E-state index < -0.39 is 24.3 Å². The summed E-state index contributed by atoms with van der Waals surface area (Å²) in [7, 11) is 1.37. The van der Waals surface area contributed by atoms with Crippen LogP contribution in [0.1, 0.15) is 10.4 Å². The Hall–Kier alpha value is -4.02. The van der Waals surface area contributed by atoms with E-state index in [1.54, 1.807) is 12.1 Å². The average molecular weight is 467 g/mol. The van der Waals surface area contributed by atoms with Crippen LogP contribution in [-0.2, 0) is 0 Å². The van der Waals surface area contributed by atoms with Crippen LogP contribution in [0.25, 0.3) is 11.1 Å². The lowest BCUT2D eigenvalue weighted by Crippen LogP contribution is -2.25. The first kappa shape index (κ1) is 22.2. The van der Waals surface area contributed by atoms with Gasteiger partial charge in [0.1, 0.15) is 11.5 Å². The Morgan fingerprint density at radius 3 is 2.33 bits per heavy atom. The largest absolute Gasteiger partial charge is 0.586 e. The summed E-state index contributed by atoms with van der Waals surface area (Å²) >= 11 is 0. The maximum absolute atomic E-state index is 13.2. The summed E-state index contributed by atoms with van der Waals surface area (Å²) in [6.45, 7) is 0. The van der Waals surface area contributed by atoms with Crippen LogP contribution < -0.4 is 24.3 Å². The zero-order chi connectivity index (χ0) is 23.8. The van der Waals surface area contributed by atoms with E-state index >= 15 is 0 Å². The molecule has 6 nitrogen and oxygen atoms in total. The molecule has 0 saturated heterocycles. The minimum absolute atomic E-state index is 0.127. The summed E-state index contributed by atoms with van der Waals surface area (Å²) < 4.78 is 81.6. The van der Waals surface area contributed by atoms with E-state index in [1.807, 2.05) is 0 Å². The van der Waals surface area contributed by atoms with Gasteiger partial charge in [-0.3, -0.25) is 4.79 Å². The molecule has 33 heavy (non-hydrogen) atoms. The fraction of sp³-hybridized carbons (Fsp3) is 0.136. The minimum atomic E-state index is -4.84. The summed E-state index contributed by atoms with van der Waals surface area (Å²) in [6, 6.07) is 13.3. The molecule has 0 aromatic heterocycles. The predicted octanol–water partition coefficient (Wildman–Crippen LogP) is 5.83. The fourth-order valence-corrected chi connectivity index (χ4v) is 3.24. The summed E-state index contributed by atoms with van der Waals surface area (Å²) in [4.78, 5) is 13.0. The Morgan fingerprint density at radius 1 is 0.970 bits per heavy atom. The molecule has 4 rings (SSSR count). The quantitative estimate of drug-likeness (QED) is 0.478. The number of ether oxygens (including phenoxy) is 4. The lowest BCUT2D eigenvalue weighted by Gasteiger charge is -2.15. The minimum Gasteiger partial charge on any atom is -0.496 e. The van der Waals surface area contributed by atoms with Gasteiger partial charge in [0.15, 0.2) is 11.5 Å². The van der Waals surface area contributed by atoms with Gasteiger partial charge in [-0.05, 0) is 42.0 Å². The standard InChI is InChI=1S/C22H14F5NO5/c1-30-17-4-2-3-15(19(17)12-5-8-14(9-6-12)31-21(23,24)25)20(29)28-13-7-10-16-18(11-13)33-22(26,27)32-16/h2-11H,1H3,(H,28,29). The summed E-state index contributed by atoms with van der Waals surface area (Å²) in [5.41, 5.74) is 0.977. The van der Waals surface area contributed by atoms with E-state index in [0.29, 0.717) is 11.1 Å². The first-order valence-corrected chi connectivity index (χ1v) is 9.29. The number of nitrogens with one attached hydrogen (secondary N) is 1. The number of hydrogen-bond acceptors (Lipinski definition) is 5. The van der Waals surface area contributed by atoms with Gasteiger partial charge in [-0.25, -0.2) is 0 Å². The number of fused-ring (bicyclic) bond motifs is 1. The number of halogens is 5. The van der Waals surface area contributed by atoms with E-state index in [1.165, 1.54) is 43.5 Å². The second kappa shape index (κ2) is 8.15. The molecule has 11 heteroatoms. The highest BCUT2D eigenvalue weighted by atomic mass is 19.4. The van der Waals surface area contributed by atoms with Crippen molar-refractivity contribution in [3.8, 4) is 34.1 Å². The van der Waals surface area contributed by atoms with Crippen molar-refractivity contribution in [2.24, 2.45) is 0 Å². The first-order chi connectivity index (χ1) is 15.5. The second-order valence-corrected chi connectivity index (χ2v) is 6.74.